The molecule has 0 fully saturated rings. The van der Waals surface area contributed by atoms with Gasteiger partial charge < -0.3 is 0 Å². The van der Waals surface area contributed by atoms with E-state index >= 15 is 0 Å². The molecular weight excluding hydrogens is 207 g/mol. The van der Waals surface area contributed by atoms with E-state index in [2.05, 4.69) is 24.0 Å². The summed E-state index contributed by atoms with van der Waals surface area (Å²) in [4.78, 5) is 13.7. The van der Waals surface area contributed by atoms with Gasteiger partial charge in [0.15, 0.2) is 0 Å². The lowest BCUT2D eigenvalue weighted by Crippen LogP contribution is -2.02. The summed E-state index contributed by atoms with van der Waals surface area (Å²) in [5.74, 6) is -0.276. The maximum absolute atomic E-state index is 11.4. The highest BCUT2D eigenvalue weighted by Gasteiger charge is 2.07. The quantitative estimate of drug-likeness (QED) is 0.739. The molecule has 1 unspecified atom stereocenters. The molecule has 0 aliphatic rings. The summed E-state index contributed by atoms with van der Waals surface area (Å²) < 4.78 is 11.4. The number of hydrogen-bond acceptors (Lipinski definition) is 2. The topological polar surface area (TPSA) is 26.3 Å². The van der Waals surface area contributed by atoms with Crippen LogP contribution in [0.1, 0.15) is 31.7 Å². The second-order valence-electron chi connectivity index (χ2n) is 4.14. The molecule has 1 aromatic carbocycles. The molecule has 1 rings (SSSR count). The monoisotopic (exact) mass is 224 g/mol. The second-order valence-corrected chi connectivity index (χ2v) is 4.14. The van der Waals surface area contributed by atoms with Crippen molar-refractivity contribution in [3.63, 3.8) is 0 Å². The van der Waals surface area contributed by atoms with Gasteiger partial charge in [-0.1, -0.05) is 37.3 Å². The molecule has 0 aliphatic carbocycles. The second kappa shape index (κ2) is 6.99. The Bertz CT molecular complexity index is 311. The molecule has 0 aliphatic heterocycles. The average Bonchev–Trinajstić information content (AvgIpc) is 2.30. The van der Waals surface area contributed by atoms with E-state index in [1.54, 1.807) is 0 Å². The van der Waals surface area contributed by atoms with Gasteiger partial charge in [-0.2, -0.15) is 0 Å². The third-order valence-electron chi connectivity index (χ3n) is 2.59. The number of carbonyl (C=O) groups is 1. The maximum Gasteiger partial charge on any atom is 0.348 e. The van der Waals surface area contributed by atoms with Crippen LogP contribution in [0.4, 0.5) is 4.53 Å². The molecule has 0 N–H and O–H groups in total. The molecule has 1 aromatic rings. The van der Waals surface area contributed by atoms with E-state index in [1.165, 1.54) is 5.56 Å². The van der Waals surface area contributed by atoms with Gasteiger partial charge in [0.1, 0.15) is 0 Å². The van der Waals surface area contributed by atoms with E-state index in [0.717, 1.165) is 12.8 Å². The lowest BCUT2D eigenvalue weighted by atomic mass is 9.96. The van der Waals surface area contributed by atoms with Crippen LogP contribution in [0.25, 0.3) is 0 Å². The Labute approximate surface area is 95.3 Å². The summed E-state index contributed by atoms with van der Waals surface area (Å²) >= 11 is 0. The first-order chi connectivity index (χ1) is 7.72. The smallest absolute Gasteiger partial charge is 0.255 e. The molecule has 3 heteroatoms. The molecule has 0 saturated heterocycles. The molecule has 0 saturated carbocycles. The summed E-state index contributed by atoms with van der Waals surface area (Å²) in [6.07, 6.45) is 2.74. The predicted molar refractivity (Wildman–Crippen MR) is 60.4 cm³/mol. The standard InChI is InChI=1S/C13H17FO2/c1-11(6-5-9-13(15)16-14)10-12-7-3-2-4-8-12/h2-4,7-8,11H,5-6,9-10H2,1H3. The van der Waals surface area contributed by atoms with Gasteiger partial charge in [-0.25, -0.2) is 4.79 Å². The minimum absolute atomic E-state index is 0.162. The van der Waals surface area contributed by atoms with Crippen LogP contribution in [0.2, 0.25) is 0 Å². The van der Waals surface area contributed by atoms with Crippen LogP contribution in [0.5, 0.6) is 0 Å². The molecule has 0 spiro atoms. The van der Waals surface area contributed by atoms with E-state index in [9.17, 15) is 9.32 Å². The molecule has 0 amide bonds. The third kappa shape index (κ3) is 4.91. The third-order valence-corrected chi connectivity index (χ3v) is 2.59. The van der Waals surface area contributed by atoms with Crippen LogP contribution in [0.3, 0.4) is 0 Å². The molecule has 0 bridgehead atoms. The van der Waals surface area contributed by atoms with Crippen LogP contribution in [-0.4, -0.2) is 5.97 Å². The van der Waals surface area contributed by atoms with Crippen molar-refractivity contribution in [3.8, 4) is 0 Å². The molecule has 0 aromatic heterocycles. The van der Waals surface area contributed by atoms with E-state index in [0.29, 0.717) is 12.3 Å². The van der Waals surface area contributed by atoms with Gasteiger partial charge >= 0.3 is 5.97 Å². The lowest BCUT2D eigenvalue weighted by Gasteiger charge is -2.10. The molecule has 16 heavy (non-hydrogen) atoms. The SMILES string of the molecule is CC(CCCC(=O)OF)Cc1ccccc1. The predicted octanol–water partition coefficient (Wildman–Crippen LogP) is 3.46. The van der Waals surface area contributed by atoms with Gasteiger partial charge in [-0.3, -0.25) is 4.94 Å². The minimum Gasteiger partial charge on any atom is -0.255 e. The van der Waals surface area contributed by atoms with Crippen LogP contribution >= 0.6 is 0 Å². The van der Waals surface area contributed by atoms with E-state index in [-0.39, 0.29) is 6.42 Å². The van der Waals surface area contributed by atoms with Gasteiger partial charge in [-0.05, 0) is 30.7 Å². The number of halogens is 1. The molecule has 88 valence electrons. The van der Waals surface area contributed by atoms with E-state index < -0.39 is 5.97 Å². The summed E-state index contributed by atoms with van der Waals surface area (Å²) in [6, 6.07) is 10.2. The summed E-state index contributed by atoms with van der Waals surface area (Å²) in [5, 5.41) is 0. The van der Waals surface area contributed by atoms with Gasteiger partial charge in [0, 0.05) is 10.9 Å². The zero-order valence-electron chi connectivity index (χ0n) is 9.49. The Hall–Kier alpha value is -1.38. The van der Waals surface area contributed by atoms with Crippen molar-refractivity contribution in [1.29, 1.82) is 0 Å². The van der Waals surface area contributed by atoms with Crippen molar-refractivity contribution in [2.75, 3.05) is 0 Å². The van der Waals surface area contributed by atoms with Crippen molar-refractivity contribution in [1.82, 2.24) is 0 Å². The summed E-state index contributed by atoms with van der Waals surface area (Å²) in [5.41, 5.74) is 1.29. The first-order valence-corrected chi connectivity index (χ1v) is 5.57. The fourth-order valence-electron chi connectivity index (χ4n) is 1.75. The molecular formula is C13H17FO2. The molecule has 2 nitrogen and oxygen atoms in total. The van der Waals surface area contributed by atoms with Gasteiger partial charge in [-0.15, -0.1) is 0 Å². The highest BCUT2D eigenvalue weighted by Crippen LogP contribution is 2.14. The molecule has 0 heterocycles. The van der Waals surface area contributed by atoms with Gasteiger partial charge in [0.05, 0.1) is 0 Å². The normalized spacial score (nSPS) is 12.1. The largest absolute Gasteiger partial charge is 0.348 e. The van der Waals surface area contributed by atoms with Crippen LogP contribution in [0, 0.1) is 5.92 Å². The maximum atomic E-state index is 11.4. The Morgan fingerprint density at radius 1 is 1.38 bits per heavy atom. The van der Waals surface area contributed by atoms with E-state index in [1.807, 2.05) is 18.2 Å². The zero-order chi connectivity index (χ0) is 11.8. The zero-order valence-corrected chi connectivity index (χ0v) is 9.49. The first-order valence-electron chi connectivity index (χ1n) is 5.57. The fraction of sp³-hybridized carbons (Fsp3) is 0.462. The number of benzene rings is 1. The van der Waals surface area contributed by atoms with Crippen molar-refractivity contribution >= 4 is 5.97 Å². The Morgan fingerprint density at radius 3 is 2.69 bits per heavy atom. The van der Waals surface area contributed by atoms with Crippen molar-refractivity contribution in [3.05, 3.63) is 35.9 Å². The van der Waals surface area contributed by atoms with Crippen LogP contribution in [-0.2, 0) is 16.2 Å². The molecule has 1 atom stereocenters. The highest BCUT2D eigenvalue weighted by atomic mass is 19.3. The Kier molecular flexibility index (Phi) is 5.54. The average molecular weight is 224 g/mol. The van der Waals surface area contributed by atoms with Gasteiger partial charge in [0.2, 0.25) is 0 Å². The molecule has 0 radical (unpaired) electrons. The number of hydrogen-bond donors (Lipinski definition) is 0. The van der Waals surface area contributed by atoms with Crippen LogP contribution in [0.15, 0.2) is 30.3 Å². The Morgan fingerprint density at radius 2 is 2.06 bits per heavy atom. The fourth-order valence-corrected chi connectivity index (χ4v) is 1.75. The van der Waals surface area contributed by atoms with E-state index in [4.69, 9.17) is 0 Å². The first kappa shape index (κ1) is 12.7. The van der Waals surface area contributed by atoms with Crippen molar-refractivity contribution in [2.45, 2.75) is 32.6 Å². The minimum atomic E-state index is -0.771. The van der Waals surface area contributed by atoms with Crippen molar-refractivity contribution < 1.29 is 14.3 Å². The lowest BCUT2D eigenvalue weighted by molar-refractivity contribution is -0.183. The number of carbonyl (C=O) groups excluding carboxylic acids is 1. The summed E-state index contributed by atoms with van der Waals surface area (Å²) in [7, 11) is 0. The number of rotatable bonds is 6. The highest BCUT2D eigenvalue weighted by molar-refractivity contribution is 5.68. The van der Waals surface area contributed by atoms with Gasteiger partial charge in [0.25, 0.3) is 0 Å². The summed E-state index contributed by atoms with van der Waals surface area (Å²) in [6.45, 7) is 2.13. The van der Waals surface area contributed by atoms with Crippen LogP contribution < -0.4 is 0 Å². The Balaban J connectivity index is 2.21. The van der Waals surface area contributed by atoms with Crippen molar-refractivity contribution in [2.24, 2.45) is 5.92 Å².